The van der Waals surface area contributed by atoms with Crippen LogP contribution in [0.4, 0.5) is 0 Å². The lowest BCUT2D eigenvalue weighted by atomic mass is 9.85. The van der Waals surface area contributed by atoms with E-state index >= 15 is 0 Å². The van der Waals surface area contributed by atoms with Gasteiger partial charge in [-0.15, -0.1) is 0 Å². The Labute approximate surface area is 137 Å². The summed E-state index contributed by atoms with van der Waals surface area (Å²) in [5, 5.41) is 0.997. The van der Waals surface area contributed by atoms with Crippen molar-refractivity contribution in [1.82, 2.24) is 0 Å². The van der Waals surface area contributed by atoms with Crippen molar-refractivity contribution in [1.29, 1.82) is 0 Å². The van der Waals surface area contributed by atoms with Crippen molar-refractivity contribution in [3.63, 3.8) is 0 Å². The number of hydrogen-bond acceptors (Lipinski definition) is 0. The monoisotopic (exact) mass is 344 g/mol. The Hall–Kier alpha value is -1.08. The molecule has 0 radical (unpaired) electrons. The van der Waals surface area contributed by atoms with Gasteiger partial charge in [0.05, 0.1) is 0 Å². The fourth-order valence-electron chi connectivity index (χ4n) is 2.53. The maximum atomic E-state index is 3.67. The molecule has 0 bridgehead atoms. The van der Waals surface area contributed by atoms with E-state index in [0.717, 1.165) is 11.8 Å². The first-order valence-electron chi connectivity index (χ1n) is 7.62. The van der Waals surface area contributed by atoms with E-state index < -0.39 is 0 Å². The van der Waals surface area contributed by atoms with Crippen molar-refractivity contribution in [2.24, 2.45) is 0 Å². The Morgan fingerprint density at radius 3 is 1.95 bits per heavy atom. The maximum absolute atomic E-state index is 3.67. The highest BCUT2D eigenvalue weighted by Crippen LogP contribution is 2.26. The summed E-state index contributed by atoms with van der Waals surface area (Å²) in [6, 6.07) is 18.0. The molecule has 1 atom stereocenters. The Kier molecular flexibility index (Phi) is 5.27. The molecule has 0 fully saturated rings. The van der Waals surface area contributed by atoms with Gasteiger partial charge in [0.2, 0.25) is 0 Å². The highest BCUT2D eigenvalue weighted by molar-refractivity contribution is 9.09. The van der Waals surface area contributed by atoms with Crippen LogP contribution in [0.5, 0.6) is 0 Å². The predicted molar refractivity (Wildman–Crippen MR) is 96.6 cm³/mol. The van der Waals surface area contributed by atoms with Crippen LogP contribution in [0, 0.1) is 6.92 Å². The van der Waals surface area contributed by atoms with Crippen molar-refractivity contribution < 1.29 is 0 Å². The topological polar surface area (TPSA) is 0 Å². The van der Waals surface area contributed by atoms with Gasteiger partial charge in [-0.1, -0.05) is 90.8 Å². The zero-order valence-corrected chi connectivity index (χ0v) is 15.1. The molecule has 0 saturated carbocycles. The van der Waals surface area contributed by atoms with Crippen LogP contribution in [0.1, 0.15) is 48.9 Å². The van der Waals surface area contributed by atoms with Gasteiger partial charge in [0, 0.05) is 5.33 Å². The van der Waals surface area contributed by atoms with Crippen LogP contribution in [0.2, 0.25) is 0 Å². The third kappa shape index (κ3) is 4.44. The Morgan fingerprint density at radius 2 is 1.48 bits per heavy atom. The lowest BCUT2D eigenvalue weighted by molar-refractivity contribution is 0.590. The molecular formula is C20H25Br. The summed E-state index contributed by atoms with van der Waals surface area (Å²) in [5.74, 6) is 0.533. The molecule has 2 aromatic rings. The van der Waals surface area contributed by atoms with E-state index in [1.54, 1.807) is 0 Å². The quantitative estimate of drug-likeness (QED) is 0.595. The molecule has 0 heterocycles. The molecule has 2 rings (SSSR count). The van der Waals surface area contributed by atoms with Gasteiger partial charge in [-0.3, -0.25) is 0 Å². The third-order valence-corrected chi connectivity index (χ3v) is 4.82. The molecule has 0 amide bonds. The largest absolute Gasteiger partial charge is 0.0921 e. The van der Waals surface area contributed by atoms with E-state index in [-0.39, 0.29) is 5.41 Å². The minimum Gasteiger partial charge on any atom is -0.0921 e. The molecule has 0 spiro atoms. The zero-order valence-electron chi connectivity index (χ0n) is 13.5. The van der Waals surface area contributed by atoms with Gasteiger partial charge in [0.1, 0.15) is 0 Å². The van der Waals surface area contributed by atoms with Gasteiger partial charge in [-0.05, 0) is 41.4 Å². The number of rotatable bonds is 4. The van der Waals surface area contributed by atoms with Crippen LogP contribution >= 0.6 is 15.9 Å². The van der Waals surface area contributed by atoms with Gasteiger partial charge in [-0.2, -0.15) is 0 Å². The molecule has 0 aliphatic heterocycles. The summed E-state index contributed by atoms with van der Waals surface area (Å²) >= 11 is 3.67. The van der Waals surface area contributed by atoms with Gasteiger partial charge in [0.25, 0.3) is 0 Å². The van der Waals surface area contributed by atoms with Gasteiger partial charge in [0.15, 0.2) is 0 Å². The molecule has 0 aliphatic rings. The smallest absolute Gasteiger partial charge is 0.0103 e. The van der Waals surface area contributed by atoms with Crippen molar-refractivity contribution in [3.8, 4) is 0 Å². The molecule has 1 unspecified atom stereocenters. The minimum atomic E-state index is 0.226. The number of alkyl halides is 1. The summed E-state index contributed by atoms with van der Waals surface area (Å²) in [7, 11) is 0. The highest BCUT2D eigenvalue weighted by Gasteiger charge is 2.14. The van der Waals surface area contributed by atoms with Crippen LogP contribution < -0.4 is 0 Å². The van der Waals surface area contributed by atoms with Crippen molar-refractivity contribution in [3.05, 3.63) is 70.8 Å². The Balaban J connectivity index is 2.13. The molecule has 0 aromatic heterocycles. The van der Waals surface area contributed by atoms with E-state index in [4.69, 9.17) is 0 Å². The van der Waals surface area contributed by atoms with Crippen molar-refractivity contribution in [2.75, 3.05) is 5.33 Å². The fraction of sp³-hybridized carbons (Fsp3) is 0.400. The highest BCUT2D eigenvalue weighted by atomic mass is 79.9. The molecule has 0 aliphatic carbocycles. The Bertz CT molecular complexity index is 558. The molecule has 0 saturated heterocycles. The van der Waals surface area contributed by atoms with Crippen LogP contribution in [0.15, 0.2) is 48.5 Å². The summed E-state index contributed by atoms with van der Waals surface area (Å²) in [6.45, 7) is 8.92. The molecule has 1 heteroatoms. The van der Waals surface area contributed by atoms with Gasteiger partial charge < -0.3 is 0 Å². The summed E-state index contributed by atoms with van der Waals surface area (Å²) in [6.07, 6.45) is 1.08. The normalized spacial score (nSPS) is 13.2. The van der Waals surface area contributed by atoms with Crippen LogP contribution in [-0.2, 0) is 11.8 Å². The van der Waals surface area contributed by atoms with E-state index in [1.807, 2.05) is 0 Å². The molecule has 0 N–H and O–H groups in total. The zero-order chi connectivity index (χ0) is 15.5. The number of hydrogen-bond donors (Lipinski definition) is 0. The first kappa shape index (κ1) is 16.3. The molecular weight excluding hydrogens is 320 g/mol. The standard InChI is InChI=1S/C20H25Br/c1-15-5-9-17(10-6-15)18(14-21)13-16-7-11-19(12-8-16)20(2,3)4/h5-12,18H,13-14H2,1-4H3. The van der Waals surface area contributed by atoms with E-state index in [1.165, 1.54) is 22.3 Å². The van der Waals surface area contributed by atoms with Gasteiger partial charge in [-0.25, -0.2) is 0 Å². The summed E-state index contributed by atoms with van der Waals surface area (Å²) in [5.41, 5.74) is 5.77. The lowest BCUT2D eigenvalue weighted by Gasteiger charge is -2.20. The van der Waals surface area contributed by atoms with Crippen LogP contribution in [0.3, 0.4) is 0 Å². The molecule has 0 nitrogen and oxygen atoms in total. The lowest BCUT2D eigenvalue weighted by Crippen LogP contribution is -2.11. The second-order valence-corrected chi connectivity index (χ2v) is 7.56. The van der Waals surface area contributed by atoms with Crippen LogP contribution in [0.25, 0.3) is 0 Å². The summed E-state index contributed by atoms with van der Waals surface area (Å²) in [4.78, 5) is 0. The number of aryl methyl sites for hydroxylation is 1. The number of halogens is 1. The molecule has 21 heavy (non-hydrogen) atoms. The average molecular weight is 345 g/mol. The van der Waals surface area contributed by atoms with E-state index in [0.29, 0.717) is 5.92 Å². The number of benzene rings is 2. The second-order valence-electron chi connectivity index (χ2n) is 6.91. The average Bonchev–Trinajstić information content (AvgIpc) is 2.45. The van der Waals surface area contributed by atoms with Gasteiger partial charge >= 0.3 is 0 Å². The SMILES string of the molecule is Cc1ccc(C(CBr)Cc2ccc(C(C)(C)C)cc2)cc1. The fourth-order valence-corrected chi connectivity index (χ4v) is 3.13. The Morgan fingerprint density at radius 1 is 0.905 bits per heavy atom. The summed E-state index contributed by atoms with van der Waals surface area (Å²) < 4.78 is 0. The van der Waals surface area contributed by atoms with Crippen molar-refractivity contribution >= 4 is 15.9 Å². The second kappa shape index (κ2) is 6.79. The van der Waals surface area contributed by atoms with Crippen LogP contribution in [-0.4, -0.2) is 5.33 Å². The minimum absolute atomic E-state index is 0.226. The van der Waals surface area contributed by atoms with E-state index in [2.05, 4.69) is 92.2 Å². The molecule has 2 aromatic carbocycles. The predicted octanol–water partition coefficient (Wildman–Crippen LogP) is 6.01. The molecule has 112 valence electrons. The third-order valence-electron chi connectivity index (χ3n) is 4.04. The van der Waals surface area contributed by atoms with E-state index in [9.17, 15) is 0 Å². The first-order valence-corrected chi connectivity index (χ1v) is 8.74. The van der Waals surface area contributed by atoms with Crippen molar-refractivity contribution in [2.45, 2.75) is 45.4 Å². The maximum Gasteiger partial charge on any atom is 0.0103 e. The first-order chi connectivity index (χ1) is 9.90.